The Morgan fingerprint density at radius 1 is 0.971 bits per heavy atom. The van der Waals surface area contributed by atoms with Gasteiger partial charge in [-0.05, 0) is 42.5 Å². The van der Waals surface area contributed by atoms with Gasteiger partial charge in [0.1, 0.15) is 11.5 Å². The lowest BCUT2D eigenvalue weighted by atomic mass is 9.85. The molecule has 1 heterocycles. The zero-order valence-corrected chi connectivity index (χ0v) is 20.8. The molecule has 3 aromatic carbocycles. The van der Waals surface area contributed by atoms with E-state index in [1.165, 1.54) is 4.90 Å². The molecule has 0 saturated carbocycles. The molecule has 0 radical (unpaired) electrons. The number of hydrogen-bond acceptors (Lipinski definition) is 4. The number of aliphatic hydroxyl groups is 1. The standard InChI is InChI=1S/C30H31NO4/c1-6-35-24-9-7-8-23(18-24)31-26(20-14-16-22(17-15-20)30(3,4)5)25(28(33)29(31)34)27(32)21-12-10-19(2)11-13-21/h7-18,26,32H,6H2,1-5H3/b27-25+. The number of anilines is 1. The molecule has 35 heavy (non-hydrogen) atoms. The van der Waals surface area contributed by atoms with Crippen LogP contribution in [-0.4, -0.2) is 23.4 Å². The Balaban J connectivity index is 1.91. The Morgan fingerprint density at radius 2 is 1.63 bits per heavy atom. The number of amides is 1. The maximum Gasteiger partial charge on any atom is 0.300 e. The molecule has 0 spiro atoms. The van der Waals surface area contributed by atoms with Crippen molar-refractivity contribution in [3.63, 3.8) is 0 Å². The molecule has 180 valence electrons. The summed E-state index contributed by atoms with van der Waals surface area (Å²) in [7, 11) is 0. The summed E-state index contributed by atoms with van der Waals surface area (Å²) in [5, 5.41) is 11.3. The van der Waals surface area contributed by atoms with Crippen LogP contribution in [0.25, 0.3) is 5.76 Å². The van der Waals surface area contributed by atoms with Gasteiger partial charge in [-0.15, -0.1) is 0 Å². The zero-order valence-electron chi connectivity index (χ0n) is 20.8. The predicted molar refractivity (Wildman–Crippen MR) is 139 cm³/mol. The first-order chi connectivity index (χ1) is 16.6. The van der Waals surface area contributed by atoms with Crippen LogP contribution in [0.5, 0.6) is 5.75 Å². The largest absolute Gasteiger partial charge is 0.507 e. The summed E-state index contributed by atoms with van der Waals surface area (Å²) in [6, 6.07) is 21.5. The maximum atomic E-state index is 13.4. The van der Waals surface area contributed by atoms with E-state index in [0.717, 1.165) is 16.7 Å². The van der Waals surface area contributed by atoms with Gasteiger partial charge >= 0.3 is 0 Å². The molecule has 1 saturated heterocycles. The average molecular weight is 470 g/mol. The molecule has 1 aliphatic rings. The van der Waals surface area contributed by atoms with Crippen molar-refractivity contribution >= 4 is 23.1 Å². The summed E-state index contributed by atoms with van der Waals surface area (Å²) in [6.45, 7) is 10.7. The molecule has 1 aliphatic heterocycles. The molecule has 5 nitrogen and oxygen atoms in total. The molecule has 1 amide bonds. The molecule has 3 aromatic rings. The molecule has 1 atom stereocenters. The second-order valence-corrected chi connectivity index (χ2v) is 9.84. The minimum Gasteiger partial charge on any atom is -0.507 e. The van der Waals surface area contributed by atoms with Crippen molar-refractivity contribution in [1.82, 2.24) is 0 Å². The molecule has 1 fully saturated rings. The summed E-state index contributed by atoms with van der Waals surface area (Å²) in [4.78, 5) is 28.2. The monoisotopic (exact) mass is 469 g/mol. The van der Waals surface area contributed by atoms with E-state index < -0.39 is 17.7 Å². The molecular weight excluding hydrogens is 438 g/mol. The highest BCUT2D eigenvalue weighted by Crippen LogP contribution is 2.43. The van der Waals surface area contributed by atoms with E-state index in [0.29, 0.717) is 23.6 Å². The second kappa shape index (κ2) is 9.41. The Labute approximate surface area is 206 Å². The number of aryl methyl sites for hydroxylation is 1. The van der Waals surface area contributed by atoms with Crippen LogP contribution in [0.15, 0.2) is 78.4 Å². The van der Waals surface area contributed by atoms with Gasteiger partial charge in [-0.2, -0.15) is 0 Å². The molecule has 1 N–H and O–H groups in total. The van der Waals surface area contributed by atoms with Crippen molar-refractivity contribution in [2.75, 3.05) is 11.5 Å². The van der Waals surface area contributed by atoms with Crippen LogP contribution in [0.3, 0.4) is 0 Å². The van der Waals surface area contributed by atoms with Gasteiger partial charge in [0, 0.05) is 17.3 Å². The van der Waals surface area contributed by atoms with Crippen LogP contribution in [0.4, 0.5) is 5.69 Å². The van der Waals surface area contributed by atoms with E-state index in [2.05, 4.69) is 20.8 Å². The molecule has 0 aliphatic carbocycles. The fraction of sp³-hybridized carbons (Fsp3) is 0.267. The minimum absolute atomic E-state index is 0.0476. The number of hydrogen-bond donors (Lipinski definition) is 1. The van der Waals surface area contributed by atoms with Gasteiger partial charge in [-0.1, -0.05) is 80.9 Å². The number of ketones is 1. The summed E-state index contributed by atoms with van der Waals surface area (Å²) < 4.78 is 5.63. The quantitative estimate of drug-likeness (QED) is 0.270. The zero-order chi connectivity index (χ0) is 25.3. The number of carbonyl (C=O) groups excluding carboxylic acids is 2. The molecule has 0 bridgehead atoms. The third-order valence-corrected chi connectivity index (χ3v) is 6.27. The van der Waals surface area contributed by atoms with E-state index in [9.17, 15) is 14.7 Å². The van der Waals surface area contributed by atoms with Crippen molar-refractivity contribution in [3.05, 3.63) is 101 Å². The topological polar surface area (TPSA) is 66.8 Å². The number of aliphatic hydroxyl groups excluding tert-OH is 1. The third-order valence-electron chi connectivity index (χ3n) is 6.27. The van der Waals surface area contributed by atoms with E-state index in [4.69, 9.17) is 4.74 Å². The normalized spacial score (nSPS) is 17.6. The smallest absolute Gasteiger partial charge is 0.300 e. The lowest BCUT2D eigenvalue weighted by Gasteiger charge is -2.27. The number of carbonyl (C=O) groups is 2. The first-order valence-electron chi connectivity index (χ1n) is 11.8. The third kappa shape index (κ3) is 4.72. The number of nitrogens with zero attached hydrogens (tertiary/aromatic N) is 1. The maximum absolute atomic E-state index is 13.4. The summed E-state index contributed by atoms with van der Waals surface area (Å²) in [6.07, 6.45) is 0. The van der Waals surface area contributed by atoms with Gasteiger partial charge in [-0.25, -0.2) is 0 Å². The second-order valence-electron chi connectivity index (χ2n) is 9.84. The Morgan fingerprint density at radius 3 is 2.23 bits per heavy atom. The summed E-state index contributed by atoms with van der Waals surface area (Å²) in [5.74, 6) is -0.976. The number of rotatable bonds is 5. The molecular formula is C30H31NO4. The number of ether oxygens (including phenoxy) is 1. The number of benzene rings is 3. The van der Waals surface area contributed by atoms with Gasteiger partial charge in [0.25, 0.3) is 11.7 Å². The summed E-state index contributed by atoms with van der Waals surface area (Å²) in [5.41, 5.74) is 3.96. The lowest BCUT2D eigenvalue weighted by Crippen LogP contribution is -2.29. The molecule has 0 aromatic heterocycles. The van der Waals surface area contributed by atoms with Gasteiger partial charge in [0.05, 0.1) is 18.2 Å². The molecule has 4 rings (SSSR count). The van der Waals surface area contributed by atoms with Gasteiger partial charge < -0.3 is 9.84 Å². The van der Waals surface area contributed by atoms with Crippen molar-refractivity contribution in [1.29, 1.82) is 0 Å². The van der Waals surface area contributed by atoms with Gasteiger partial charge in [0.2, 0.25) is 0 Å². The predicted octanol–water partition coefficient (Wildman–Crippen LogP) is 6.32. The van der Waals surface area contributed by atoms with Crippen LogP contribution >= 0.6 is 0 Å². The Hall–Kier alpha value is -3.86. The average Bonchev–Trinajstić information content (AvgIpc) is 3.09. The number of Topliss-reactive ketones (excluding diaryl/α,β-unsaturated/α-hetero) is 1. The lowest BCUT2D eigenvalue weighted by molar-refractivity contribution is -0.132. The fourth-order valence-electron chi connectivity index (χ4n) is 4.34. The van der Waals surface area contributed by atoms with Crippen molar-refractivity contribution < 1.29 is 19.4 Å². The van der Waals surface area contributed by atoms with Gasteiger partial charge in [-0.3, -0.25) is 14.5 Å². The molecule has 1 unspecified atom stereocenters. The minimum atomic E-state index is -0.776. The van der Waals surface area contributed by atoms with E-state index in [1.807, 2.05) is 56.3 Å². The van der Waals surface area contributed by atoms with Crippen LogP contribution in [0, 0.1) is 6.92 Å². The highest BCUT2D eigenvalue weighted by atomic mass is 16.5. The highest BCUT2D eigenvalue weighted by molar-refractivity contribution is 6.51. The van der Waals surface area contributed by atoms with Crippen molar-refractivity contribution in [3.8, 4) is 5.75 Å². The van der Waals surface area contributed by atoms with Crippen LogP contribution in [0.2, 0.25) is 0 Å². The van der Waals surface area contributed by atoms with Crippen molar-refractivity contribution in [2.45, 2.75) is 46.1 Å². The van der Waals surface area contributed by atoms with E-state index in [-0.39, 0.29) is 16.7 Å². The molecule has 5 heteroatoms. The Bertz CT molecular complexity index is 1280. The van der Waals surface area contributed by atoms with Crippen LogP contribution < -0.4 is 9.64 Å². The fourth-order valence-corrected chi connectivity index (χ4v) is 4.34. The first-order valence-corrected chi connectivity index (χ1v) is 11.8. The van der Waals surface area contributed by atoms with E-state index in [1.54, 1.807) is 30.3 Å². The van der Waals surface area contributed by atoms with Crippen LogP contribution in [-0.2, 0) is 15.0 Å². The van der Waals surface area contributed by atoms with Crippen LogP contribution in [0.1, 0.15) is 56.0 Å². The summed E-state index contributed by atoms with van der Waals surface area (Å²) >= 11 is 0. The van der Waals surface area contributed by atoms with Gasteiger partial charge in [0.15, 0.2) is 0 Å². The highest BCUT2D eigenvalue weighted by Gasteiger charge is 2.47. The van der Waals surface area contributed by atoms with E-state index >= 15 is 0 Å². The first kappa shape index (κ1) is 24.3. The Kier molecular flexibility index (Phi) is 6.53. The van der Waals surface area contributed by atoms with Crippen molar-refractivity contribution in [2.24, 2.45) is 0 Å². The SMILES string of the molecule is CCOc1cccc(N2C(=O)C(=O)/C(=C(/O)c3ccc(C)cc3)C2c2ccc(C(C)(C)C)cc2)c1.